The number of phenols is 1. The average Bonchev–Trinajstić information content (AvgIpc) is 3.02. The maximum atomic E-state index is 12.8. The minimum Gasteiger partial charge on any atom is -0.504 e. The number of nitrogens with one attached hydrogen (secondary N) is 1. The molecule has 1 aliphatic heterocycles. The van der Waals surface area contributed by atoms with E-state index in [1.165, 1.54) is 25.3 Å². The molecule has 11 heteroatoms. The zero-order valence-corrected chi connectivity index (χ0v) is 18.6. The van der Waals surface area contributed by atoms with Crippen molar-refractivity contribution in [1.82, 2.24) is 4.90 Å². The summed E-state index contributed by atoms with van der Waals surface area (Å²) in [7, 11) is 1.37. The molecule has 2 aromatic carbocycles. The van der Waals surface area contributed by atoms with Gasteiger partial charge in [0.1, 0.15) is 6.54 Å². The first-order valence-corrected chi connectivity index (χ1v) is 10.6. The van der Waals surface area contributed by atoms with Crippen molar-refractivity contribution in [2.24, 2.45) is 0 Å². The van der Waals surface area contributed by atoms with Gasteiger partial charge >= 0.3 is 6.18 Å². The fourth-order valence-corrected chi connectivity index (χ4v) is 3.98. The molecule has 1 heterocycles. The highest BCUT2D eigenvalue weighted by Crippen LogP contribution is 2.36. The lowest BCUT2D eigenvalue weighted by Crippen LogP contribution is -2.36. The Labute approximate surface area is 196 Å². The van der Waals surface area contributed by atoms with Gasteiger partial charge in [-0.15, -0.1) is 6.58 Å². The number of hydrogen-bond donors (Lipinski definition) is 2. The number of phenolic OH excluding ortho intramolecular Hbond substituents is 1. The third kappa shape index (κ3) is 5.60. The number of rotatable bonds is 7. The smallest absolute Gasteiger partial charge is 0.416 e. The van der Waals surface area contributed by atoms with Crippen molar-refractivity contribution in [2.75, 3.05) is 19.0 Å². The maximum absolute atomic E-state index is 12.8. The summed E-state index contributed by atoms with van der Waals surface area (Å²) < 4.78 is 43.7. The maximum Gasteiger partial charge on any atom is 0.416 e. The number of carbonyl (C=O) groups excluding carboxylic acids is 3. The van der Waals surface area contributed by atoms with Gasteiger partial charge in [0.2, 0.25) is 5.91 Å². The fourth-order valence-electron chi connectivity index (χ4n) is 3.14. The van der Waals surface area contributed by atoms with Crippen LogP contribution < -0.4 is 10.1 Å². The summed E-state index contributed by atoms with van der Waals surface area (Å²) in [6.45, 7) is 2.95. The first kappa shape index (κ1) is 24.9. The zero-order chi connectivity index (χ0) is 25.0. The number of alkyl halides is 3. The molecule has 0 unspecified atom stereocenters. The number of halogens is 3. The van der Waals surface area contributed by atoms with E-state index in [1.807, 2.05) is 0 Å². The SMILES string of the molecule is C=CCc1cc(/C=C2\SC(=O)N(CC(=O)Nc3cccc(C(F)(F)F)c3)C2=O)cc(OC)c1O. The molecule has 0 radical (unpaired) electrons. The third-order valence-electron chi connectivity index (χ3n) is 4.71. The Morgan fingerprint density at radius 2 is 2.00 bits per heavy atom. The number of allylic oxidation sites excluding steroid dienone is 1. The van der Waals surface area contributed by atoms with Gasteiger partial charge in [0, 0.05) is 11.3 Å². The molecule has 7 nitrogen and oxygen atoms in total. The number of ether oxygens (including phenoxy) is 1. The van der Waals surface area contributed by atoms with Gasteiger partial charge in [-0.1, -0.05) is 12.1 Å². The molecule has 1 aliphatic rings. The second-order valence-electron chi connectivity index (χ2n) is 7.12. The number of nitrogens with zero attached hydrogens (tertiary/aromatic N) is 1. The lowest BCUT2D eigenvalue weighted by molar-refractivity contribution is -0.137. The largest absolute Gasteiger partial charge is 0.504 e. The van der Waals surface area contributed by atoms with E-state index in [0.29, 0.717) is 34.2 Å². The first-order valence-electron chi connectivity index (χ1n) is 9.76. The number of thioether (sulfide) groups is 1. The van der Waals surface area contributed by atoms with E-state index >= 15 is 0 Å². The second kappa shape index (κ2) is 10.0. The van der Waals surface area contributed by atoms with Crippen molar-refractivity contribution in [3.63, 3.8) is 0 Å². The molecule has 0 saturated carbocycles. The Kier molecular flexibility index (Phi) is 7.35. The molecule has 0 atom stereocenters. The molecule has 2 aromatic rings. The lowest BCUT2D eigenvalue weighted by Gasteiger charge is -2.13. The molecule has 3 rings (SSSR count). The molecular weight excluding hydrogens is 473 g/mol. The molecule has 0 aromatic heterocycles. The van der Waals surface area contributed by atoms with E-state index in [0.717, 1.165) is 18.2 Å². The highest BCUT2D eigenvalue weighted by atomic mass is 32.2. The highest BCUT2D eigenvalue weighted by Gasteiger charge is 2.36. The number of benzene rings is 2. The van der Waals surface area contributed by atoms with Gasteiger partial charge in [0.05, 0.1) is 17.6 Å². The average molecular weight is 492 g/mol. The van der Waals surface area contributed by atoms with Gasteiger partial charge in [0.15, 0.2) is 11.5 Å². The van der Waals surface area contributed by atoms with E-state index < -0.39 is 35.3 Å². The van der Waals surface area contributed by atoms with Crippen LogP contribution in [-0.4, -0.2) is 40.7 Å². The summed E-state index contributed by atoms with van der Waals surface area (Å²) in [4.78, 5) is 38.1. The van der Waals surface area contributed by atoms with E-state index in [-0.39, 0.29) is 22.1 Å². The van der Waals surface area contributed by atoms with Crippen molar-refractivity contribution in [2.45, 2.75) is 12.6 Å². The molecule has 0 aliphatic carbocycles. The van der Waals surface area contributed by atoms with E-state index in [9.17, 15) is 32.7 Å². The van der Waals surface area contributed by atoms with Crippen molar-refractivity contribution >= 4 is 40.6 Å². The molecule has 2 N–H and O–H groups in total. The minimum atomic E-state index is -4.58. The Morgan fingerprint density at radius 1 is 1.26 bits per heavy atom. The molecule has 1 saturated heterocycles. The van der Waals surface area contributed by atoms with Crippen LogP contribution in [0, 0.1) is 0 Å². The Hall–Kier alpha value is -3.73. The predicted molar refractivity (Wildman–Crippen MR) is 121 cm³/mol. The zero-order valence-electron chi connectivity index (χ0n) is 17.8. The minimum absolute atomic E-state index is 0.0363. The van der Waals surface area contributed by atoms with Gasteiger partial charge in [0.25, 0.3) is 11.1 Å². The highest BCUT2D eigenvalue weighted by molar-refractivity contribution is 8.18. The van der Waals surface area contributed by atoms with Gasteiger partial charge in [-0.3, -0.25) is 19.3 Å². The van der Waals surface area contributed by atoms with Crippen LogP contribution in [0.5, 0.6) is 11.5 Å². The van der Waals surface area contributed by atoms with Crippen LogP contribution in [0.1, 0.15) is 16.7 Å². The van der Waals surface area contributed by atoms with E-state index in [1.54, 1.807) is 12.1 Å². The first-order chi connectivity index (χ1) is 16.0. The standard InChI is InChI=1S/C23H19F3N2O5S/c1-3-5-14-8-13(9-17(33-2)20(14)30)10-18-21(31)28(22(32)34-18)12-19(29)27-16-7-4-6-15(11-16)23(24,25)26/h3-4,6-11,30H,1,5,12H2,2H3,(H,27,29)/b18-10-. The lowest BCUT2D eigenvalue weighted by atomic mass is 10.1. The Balaban J connectivity index is 1.76. The van der Waals surface area contributed by atoms with Crippen LogP contribution in [-0.2, 0) is 22.2 Å². The number of anilines is 1. The Morgan fingerprint density at radius 3 is 2.65 bits per heavy atom. The van der Waals surface area contributed by atoms with Gasteiger partial charge < -0.3 is 15.2 Å². The molecule has 0 bridgehead atoms. The van der Waals surface area contributed by atoms with Crippen molar-refractivity contribution in [3.05, 3.63) is 70.6 Å². The normalized spacial score (nSPS) is 15.1. The number of carbonyl (C=O) groups is 3. The molecule has 0 spiro atoms. The molecule has 3 amide bonds. The van der Waals surface area contributed by atoms with Crippen molar-refractivity contribution in [3.8, 4) is 11.5 Å². The van der Waals surface area contributed by atoms with Crippen LogP contribution in [0.3, 0.4) is 0 Å². The quantitative estimate of drug-likeness (QED) is 0.425. The number of methoxy groups -OCH3 is 1. The molecule has 34 heavy (non-hydrogen) atoms. The topological polar surface area (TPSA) is 95.9 Å². The summed E-state index contributed by atoms with van der Waals surface area (Å²) in [6, 6.07) is 7.10. The molecular formula is C23H19F3N2O5S. The number of aromatic hydroxyl groups is 1. The predicted octanol–water partition coefficient (Wildman–Crippen LogP) is 4.82. The van der Waals surface area contributed by atoms with Crippen LogP contribution in [0.4, 0.5) is 23.7 Å². The van der Waals surface area contributed by atoms with E-state index in [2.05, 4.69) is 11.9 Å². The van der Waals surface area contributed by atoms with E-state index in [4.69, 9.17) is 4.74 Å². The number of hydrogen-bond acceptors (Lipinski definition) is 6. The van der Waals surface area contributed by atoms with Gasteiger partial charge in [-0.25, -0.2) is 0 Å². The molecule has 178 valence electrons. The summed E-state index contributed by atoms with van der Waals surface area (Å²) in [5.74, 6) is -1.46. The fraction of sp³-hybridized carbons (Fsp3) is 0.174. The van der Waals surface area contributed by atoms with Crippen LogP contribution in [0.25, 0.3) is 6.08 Å². The van der Waals surface area contributed by atoms with Gasteiger partial charge in [-0.2, -0.15) is 13.2 Å². The summed E-state index contributed by atoms with van der Waals surface area (Å²) in [5.41, 5.74) is -0.0847. The Bertz CT molecular complexity index is 1190. The summed E-state index contributed by atoms with van der Waals surface area (Å²) in [5, 5.41) is 11.7. The number of amides is 3. The second-order valence-corrected chi connectivity index (χ2v) is 8.11. The van der Waals surface area contributed by atoms with Crippen LogP contribution in [0.2, 0.25) is 0 Å². The van der Waals surface area contributed by atoms with Crippen LogP contribution >= 0.6 is 11.8 Å². The van der Waals surface area contributed by atoms with Crippen molar-refractivity contribution in [1.29, 1.82) is 0 Å². The summed E-state index contributed by atoms with van der Waals surface area (Å²) in [6.07, 6.45) is -1.25. The number of imide groups is 1. The molecule has 1 fully saturated rings. The van der Waals surface area contributed by atoms with Gasteiger partial charge in [-0.05, 0) is 60.2 Å². The van der Waals surface area contributed by atoms with Crippen molar-refractivity contribution < 1.29 is 37.4 Å². The summed E-state index contributed by atoms with van der Waals surface area (Å²) >= 11 is 0.614. The van der Waals surface area contributed by atoms with Crippen LogP contribution in [0.15, 0.2) is 54.0 Å². The monoisotopic (exact) mass is 492 g/mol. The third-order valence-corrected chi connectivity index (χ3v) is 5.61.